The Bertz CT molecular complexity index is 946. The third kappa shape index (κ3) is 5.04. The number of aromatic nitrogens is 1. The second-order valence-corrected chi connectivity index (χ2v) is 6.53. The van der Waals surface area contributed by atoms with Crippen molar-refractivity contribution in [3.8, 4) is 22.1 Å². The number of hydrogen-bond acceptors (Lipinski definition) is 5. The molecular weight excluding hydrogens is 386 g/mol. The zero-order valence-electron chi connectivity index (χ0n) is 15.0. The highest BCUT2D eigenvalue weighted by atomic mass is 32.1. The summed E-state index contributed by atoms with van der Waals surface area (Å²) < 4.78 is 35.0. The van der Waals surface area contributed by atoms with Crippen molar-refractivity contribution in [2.45, 2.75) is 20.0 Å². The molecule has 8 heteroatoms. The molecule has 0 saturated carbocycles. The van der Waals surface area contributed by atoms with Gasteiger partial charge in [-0.1, -0.05) is 24.3 Å². The van der Waals surface area contributed by atoms with E-state index in [-0.39, 0.29) is 23.8 Å². The van der Waals surface area contributed by atoms with Crippen molar-refractivity contribution in [3.63, 3.8) is 0 Å². The van der Waals surface area contributed by atoms with Gasteiger partial charge in [0.15, 0.2) is 0 Å². The maximum Gasteiger partial charge on any atom is 0.387 e. The van der Waals surface area contributed by atoms with E-state index >= 15 is 0 Å². The minimum Gasteiger partial charge on any atom is -0.493 e. The minimum absolute atomic E-state index is 0.0102. The molecule has 0 saturated heterocycles. The lowest BCUT2D eigenvalue weighted by Crippen LogP contribution is -2.16. The third-order valence-corrected chi connectivity index (χ3v) is 4.61. The molecule has 0 atom stereocenters. The molecule has 1 amide bonds. The summed E-state index contributed by atoms with van der Waals surface area (Å²) in [6.45, 7) is -0.522. The standard InChI is InChI=1S/C20H18F2N2O3S/c1-2-26-16-9-5-3-7-14(16)19-23-13(12-28-19)11-18(25)24-15-8-4-6-10-17(15)27-20(21)22/h3-10,12,20H,2,11H2,1H3,(H,24,25). The third-order valence-electron chi connectivity index (χ3n) is 3.69. The number of nitrogens with one attached hydrogen (secondary N) is 1. The summed E-state index contributed by atoms with van der Waals surface area (Å²) in [6.07, 6.45) is 0.0102. The summed E-state index contributed by atoms with van der Waals surface area (Å²) in [6, 6.07) is 13.6. The van der Waals surface area contributed by atoms with Gasteiger partial charge in [0, 0.05) is 5.38 Å². The van der Waals surface area contributed by atoms with Gasteiger partial charge in [0.1, 0.15) is 16.5 Å². The molecule has 5 nitrogen and oxygen atoms in total. The van der Waals surface area contributed by atoms with Crippen molar-refractivity contribution in [1.29, 1.82) is 0 Å². The second-order valence-electron chi connectivity index (χ2n) is 5.67. The van der Waals surface area contributed by atoms with E-state index in [1.165, 1.54) is 23.5 Å². The van der Waals surface area contributed by atoms with Crippen molar-refractivity contribution in [3.05, 3.63) is 59.6 Å². The molecule has 0 fully saturated rings. The largest absolute Gasteiger partial charge is 0.493 e. The number of para-hydroxylation sites is 3. The average Bonchev–Trinajstić information content (AvgIpc) is 3.12. The van der Waals surface area contributed by atoms with Crippen LogP contribution in [-0.2, 0) is 11.2 Å². The van der Waals surface area contributed by atoms with Crippen LogP contribution in [0.4, 0.5) is 14.5 Å². The quantitative estimate of drug-likeness (QED) is 0.575. The van der Waals surface area contributed by atoms with Crippen molar-refractivity contribution in [1.82, 2.24) is 4.98 Å². The summed E-state index contributed by atoms with van der Waals surface area (Å²) in [5.41, 5.74) is 1.62. The predicted molar refractivity (Wildman–Crippen MR) is 104 cm³/mol. The van der Waals surface area contributed by atoms with Crippen LogP contribution in [0.15, 0.2) is 53.9 Å². The molecule has 0 aliphatic rings. The molecule has 3 rings (SSSR count). The zero-order chi connectivity index (χ0) is 19.9. The number of rotatable bonds is 8. The highest BCUT2D eigenvalue weighted by Crippen LogP contribution is 2.32. The number of nitrogens with zero attached hydrogens (tertiary/aromatic N) is 1. The maximum absolute atomic E-state index is 12.5. The van der Waals surface area contributed by atoms with Crippen LogP contribution in [0.2, 0.25) is 0 Å². The number of carbonyl (C=O) groups excluding carboxylic acids is 1. The Hall–Kier alpha value is -3.00. The molecule has 0 bridgehead atoms. The maximum atomic E-state index is 12.5. The Labute approximate surface area is 164 Å². The summed E-state index contributed by atoms with van der Waals surface area (Å²) >= 11 is 1.41. The number of halogens is 2. The van der Waals surface area contributed by atoms with Gasteiger partial charge in [-0.2, -0.15) is 8.78 Å². The van der Waals surface area contributed by atoms with Gasteiger partial charge in [-0.15, -0.1) is 11.3 Å². The van der Waals surface area contributed by atoms with E-state index in [2.05, 4.69) is 15.0 Å². The van der Waals surface area contributed by atoms with E-state index in [9.17, 15) is 13.6 Å². The number of alkyl halides is 2. The highest BCUT2D eigenvalue weighted by Gasteiger charge is 2.15. The van der Waals surface area contributed by atoms with E-state index < -0.39 is 6.61 Å². The molecule has 28 heavy (non-hydrogen) atoms. The lowest BCUT2D eigenvalue weighted by atomic mass is 10.2. The van der Waals surface area contributed by atoms with Crippen LogP contribution in [0.3, 0.4) is 0 Å². The predicted octanol–water partition coefficient (Wildman–Crippen LogP) is 4.99. The molecule has 0 spiro atoms. The van der Waals surface area contributed by atoms with E-state index in [1.54, 1.807) is 17.5 Å². The Morgan fingerprint density at radius 1 is 1.14 bits per heavy atom. The molecule has 3 aromatic rings. The number of anilines is 1. The van der Waals surface area contributed by atoms with E-state index in [0.29, 0.717) is 12.3 Å². The topological polar surface area (TPSA) is 60.5 Å². The highest BCUT2D eigenvalue weighted by molar-refractivity contribution is 7.13. The van der Waals surface area contributed by atoms with Crippen LogP contribution in [0.5, 0.6) is 11.5 Å². The van der Waals surface area contributed by atoms with Crippen molar-refractivity contribution in [2.75, 3.05) is 11.9 Å². The summed E-state index contributed by atoms with van der Waals surface area (Å²) in [5.74, 6) is 0.268. The van der Waals surface area contributed by atoms with Gasteiger partial charge in [0.05, 0.1) is 30.0 Å². The van der Waals surface area contributed by atoms with Crippen molar-refractivity contribution >= 4 is 22.9 Å². The van der Waals surface area contributed by atoms with Crippen LogP contribution in [0.1, 0.15) is 12.6 Å². The average molecular weight is 404 g/mol. The SMILES string of the molecule is CCOc1ccccc1-c1nc(CC(=O)Nc2ccccc2OC(F)F)cs1. The Kier molecular flexibility index (Phi) is 6.54. The number of thiazole rings is 1. The number of hydrogen-bond donors (Lipinski definition) is 1. The minimum atomic E-state index is -2.97. The molecule has 0 radical (unpaired) electrons. The number of amides is 1. The van der Waals surface area contributed by atoms with Gasteiger partial charge in [-0.25, -0.2) is 4.98 Å². The van der Waals surface area contributed by atoms with Crippen molar-refractivity contribution in [2.24, 2.45) is 0 Å². The smallest absolute Gasteiger partial charge is 0.387 e. The van der Waals surface area contributed by atoms with Gasteiger partial charge in [-0.05, 0) is 31.2 Å². The molecule has 1 heterocycles. The van der Waals surface area contributed by atoms with Gasteiger partial charge >= 0.3 is 6.61 Å². The van der Waals surface area contributed by atoms with Crippen LogP contribution >= 0.6 is 11.3 Å². The van der Waals surface area contributed by atoms with E-state index in [1.807, 2.05) is 31.2 Å². The van der Waals surface area contributed by atoms with Crippen LogP contribution < -0.4 is 14.8 Å². The lowest BCUT2D eigenvalue weighted by Gasteiger charge is -2.11. The summed E-state index contributed by atoms with van der Waals surface area (Å²) in [5, 5.41) is 5.12. The Morgan fingerprint density at radius 3 is 2.61 bits per heavy atom. The zero-order valence-corrected chi connectivity index (χ0v) is 15.8. The molecule has 0 aliphatic heterocycles. The number of benzene rings is 2. The summed E-state index contributed by atoms with van der Waals surface area (Å²) in [4.78, 5) is 16.8. The van der Waals surface area contributed by atoms with Gasteiger partial charge in [0.25, 0.3) is 0 Å². The van der Waals surface area contributed by atoms with Crippen LogP contribution in [0.25, 0.3) is 10.6 Å². The monoisotopic (exact) mass is 404 g/mol. The van der Waals surface area contributed by atoms with Crippen LogP contribution in [-0.4, -0.2) is 24.1 Å². The molecule has 2 aromatic carbocycles. The molecule has 0 aliphatic carbocycles. The second kappa shape index (κ2) is 9.27. The fraction of sp³-hybridized carbons (Fsp3) is 0.200. The first-order valence-corrected chi connectivity index (χ1v) is 9.45. The van der Waals surface area contributed by atoms with Gasteiger partial charge in [0.2, 0.25) is 5.91 Å². The lowest BCUT2D eigenvalue weighted by molar-refractivity contribution is -0.115. The fourth-order valence-corrected chi connectivity index (χ4v) is 3.41. The summed E-state index contributed by atoms with van der Waals surface area (Å²) in [7, 11) is 0. The van der Waals surface area contributed by atoms with E-state index in [4.69, 9.17) is 4.74 Å². The van der Waals surface area contributed by atoms with Gasteiger partial charge < -0.3 is 14.8 Å². The number of ether oxygens (including phenoxy) is 2. The molecule has 1 N–H and O–H groups in total. The first-order chi connectivity index (χ1) is 13.6. The van der Waals surface area contributed by atoms with E-state index in [0.717, 1.165) is 16.3 Å². The van der Waals surface area contributed by atoms with Crippen molar-refractivity contribution < 1.29 is 23.0 Å². The van der Waals surface area contributed by atoms with Gasteiger partial charge in [-0.3, -0.25) is 4.79 Å². The molecule has 0 unspecified atom stereocenters. The molecule has 1 aromatic heterocycles. The first kappa shape index (κ1) is 19.8. The Morgan fingerprint density at radius 2 is 1.86 bits per heavy atom. The fourth-order valence-electron chi connectivity index (χ4n) is 2.56. The Balaban J connectivity index is 1.70. The normalized spacial score (nSPS) is 10.7. The first-order valence-electron chi connectivity index (χ1n) is 8.57. The molecular formula is C20H18F2N2O3S. The molecule has 146 valence electrons. The number of carbonyl (C=O) groups is 1. The van der Waals surface area contributed by atoms with Crippen LogP contribution in [0, 0.1) is 0 Å².